The lowest BCUT2D eigenvalue weighted by atomic mass is 9.75. The molecule has 1 aromatic heterocycles. The Morgan fingerprint density at radius 3 is 2.57 bits per heavy atom. The number of hydrogen-bond donors (Lipinski definition) is 0. The molecule has 2 aromatic rings. The lowest BCUT2D eigenvalue weighted by Gasteiger charge is -2.42. The summed E-state index contributed by atoms with van der Waals surface area (Å²) in [4.78, 5) is 25.1. The SMILES string of the molecule is Cn1c2c(c(=O)n(C)c1=O)[C@@H]1c3ccccc3C[C@@H]1C(C)(C)O2. The zero-order chi connectivity index (χ0) is 16.5. The highest BCUT2D eigenvalue weighted by Gasteiger charge is 2.50. The Morgan fingerprint density at radius 2 is 1.83 bits per heavy atom. The second kappa shape index (κ2) is 4.37. The molecule has 1 aliphatic heterocycles. The van der Waals surface area contributed by atoms with E-state index in [-0.39, 0.29) is 23.1 Å². The van der Waals surface area contributed by atoms with Crippen LogP contribution in [0.2, 0.25) is 0 Å². The molecule has 5 heteroatoms. The average Bonchev–Trinajstić information content (AvgIpc) is 2.91. The van der Waals surface area contributed by atoms with Gasteiger partial charge >= 0.3 is 5.69 Å². The molecular weight excluding hydrogens is 292 g/mol. The maximum atomic E-state index is 12.8. The van der Waals surface area contributed by atoms with E-state index in [9.17, 15) is 9.59 Å². The molecule has 1 aliphatic carbocycles. The quantitative estimate of drug-likeness (QED) is 0.742. The van der Waals surface area contributed by atoms with Gasteiger partial charge in [0.25, 0.3) is 5.56 Å². The summed E-state index contributed by atoms with van der Waals surface area (Å²) in [6.07, 6.45) is 0.888. The molecule has 0 saturated heterocycles. The summed E-state index contributed by atoms with van der Waals surface area (Å²) < 4.78 is 8.79. The number of fused-ring (bicyclic) bond motifs is 5. The van der Waals surface area contributed by atoms with Gasteiger partial charge in [0.15, 0.2) is 0 Å². The van der Waals surface area contributed by atoms with E-state index in [2.05, 4.69) is 12.1 Å². The fourth-order valence-corrected chi connectivity index (χ4v) is 4.16. The number of aromatic nitrogens is 2. The molecule has 1 aromatic carbocycles. The van der Waals surface area contributed by atoms with Crippen molar-refractivity contribution in [3.05, 3.63) is 61.8 Å². The van der Waals surface area contributed by atoms with Gasteiger partial charge < -0.3 is 4.74 Å². The fourth-order valence-electron chi connectivity index (χ4n) is 4.16. The molecule has 0 radical (unpaired) electrons. The highest BCUT2D eigenvalue weighted by Crippen LogP contribution is 2.52. The molecule has 5 nitrogen and oxygen atoms in total. The van der Waals surface area contributed by atoms with Gasteiger partial charge in [0, 0.05) is 25.9 Å². The third-order valence-electron chi connectivity index (χ3n) is 5.44. The lowest BCUT2D eigenvalue weighted by molar-refractivity contribution is 0.0123. The minimum Gasteiger partial charge on any atom is -0.472 e. The molecule has 0 fully saturated rings. The number of rotatable bonds is 0. The number of benzene rings is 1. The molecule has 2 heterocycles. The van der Waals surface area contributed by atoms with Crippen LogP contribution in [0.15, 0.2) is 33.9 Å². The predicted molar refractivity (Wildman–Crippen MR) is 87.1 cm³/mol. The second-order valence-electron chi connectivity index (χ2n) is 7.12. The largest absolute Gasteiger partial charge is 0.472 e. The van der Waals surface area contributed by atoms with Crippen molar-refractivity contribution in [2.75, 3.05) is 0 Å². The van der Waals surface area contributed by atoms with Gasteiger partial charge in [0.1, 0.15) is 5.60 Å². The van der Waals surface area contributed by atoms with E-state index in [1.54, 1.807) is 7.05 Å². The standard InChI is InChI=1S/C18H20N2O3/c1-18(2)12-9-10-7-5-6-8-11(10)13(12)14-15(21)19(3)17(22)20(4)16(14)23-18/h5-8,12-13H,9H2,1-4H3/t12-,13+/m0/s1. The first-order valence-electron chi connectivity index (χ1n) is 7.89. The Labute approximate surface area is 134 Å². The number of nitrogens with zero attached hydrogens (tertiary/aromatic N) is 2. The van der Waals surface area contributed by atoms with E-state index in [1.165, 1.54) is 27.3 Å². The van der Waals surface area contributed by atoms with Crippen molar-refractivity contribution in [1.82, 2.24) is 9.13 Å². The normalized spacial score (nSPS) is 23.7. The van der Waals surface area contributed by atoms with Gasteiger partial charge in [0.05, 0.1) is 5.56 Å². The minimum absolute atomic E-state index is 0.0181. The molecule has 0 N–H and O–H groups in total. The first kappa shape index (κ1) is 14.3. The Bertz CT molecular complexity index is 936. The number of ether oxygens (including phenoxy) is 1. The van der Waals surface area contributed by atoms with Crippen molar-refractivity contribution in [2.45, 2.75) is 31.8 Å². The average molecular weight is 312 g/mol. The summed E-state index contributed by atoms with van der Waals surface area (Å²) in [5.41, 5.74) is 2.03. The molecule has 120 valence electrons. The summed E-state index contributed by atoms with van der Waals surface area (Å²) in [5, 5.41) is 0. The molecule has 4 rings (SSSR count). The molecular formula is C18H20N2O3. The highest BCUT2D eigenvalue weighted by molar-refractivity contribution is 5.48. The molecule has 23 heavy (non-hydrogen) atoms. The first-order chi connectivity index (χ1) is 10.8. The van der Waals surface area contributed by atoms with Gasteiger partial charge in [-0.15, -0.1) is 0 Å². The molecule has 2 atom stereocenters. The lowest BCUT2D eigenvalue weighted by Crippen LogP contribution is -2.50. The maximum Gasteiger partial charge on any atom is 0.333 e. The van der Waals surface area contributed by atoms with E-state index < -0.39 is 5.60 Å². The van der Waals surface area contributed by atoms with Crippen LogP contribution < -0.4 is 16.0 Å². The number of hydrogen-bond acceptors (Lipinski definition) is 3. The third-order valence-corrected chi connectivity index (χ3v) is 5.44. The van der Waals surface area contributed by atoms with E-state index in [4.69, 9.17) is 4.74 Å². The summed E-state index contributed by atoms with van der Waals surface area (Å²) in [6, 6.07) is 8.26. The van der Waals surface area contributed by atoms with Crippen LogP contribution in [0.4, 0.5) is 0 Å². The smallest absolute Gasteiger partial charge is 0.333 e. The summed E-state index contributed by atoms with van der Waals surface area (Å²) in [6.45, 7) is 4.09. The second-order valence-corrected chi connectivity index (χ2v) is 7.12. The van der Waals surface area contributed by atoms with Crippen LogP contribution in [-0.4, -0.2) is 14.7 Å². The zero-order valence-corrected chi connectivity index (χ0v) is 13.8. The van der Waals surface area contributed by atoms with E-state index in [0.717, 1.165) is 6.42 Å². The first-order valence-corrected chi connectivity index (χ1v) is 7.89. The van der Waals surface area contributed by atoms with Crippen LogP contribution in [0.3, 0.4) is 0 Å². The van der Waals surface area contributed by atoms with Crippen molar-refractivity contribution in [1.29, 1.82) is 0 Å². The summed E-state index contributed by atoms with van der Waals surface area (Å²) in [5.74, 6) is 0.592. The molecule has 2 aliphatic rings. The molecule has 0 saturated carbocycles. The summed E-state index contributed by atoms with van der Waals surface area (Å²) >= 11 is 0. The van der Waals surface area contributed by atoms with Gasteiger partial charge in [-0.3, -0.25) is 13.9 Å². The fraction of sp³-hybridized carbons (Fsp3) is 0.444. The Hall–Kier alpha value is -2.30. The Balaban J connectivity index is 2.10. The van der Waals surface area contributed by atoms with Crippen LogP contribution in [0.25, 0.3) is 0 Å². The van der Waals surface area contributed by atoms with Crippen molar-refractivity contribution in [3.63, 3.8) is 0 Å². The zero-order valence-electron chi connectivity index (χ0n) is 13.8. The van der Waals surface area contributed by atoms with Crippen LogP contribution in [0.1, 0.15) is 36.5 Å². The maximum absolute atomic E-state index is 12.8. The van der Waals surface area contributed by atoms with E-state index in [1.807, 2.05) is 26.0 Å². The molecule has 0 spiro atoms. The monoisotopic (exact) mass is 312 g/mol. The van der Waals surface area contributed by atoms with Crippen LogP contribution >= 0.6 is 0 Å². The van der Waals surface area contributed by atoms with Gasteiger partial charge in [-0.2, -0.15) is 0 Å². The summed E-state index contributed by atoms with van der Waals surface area (Å²) in [7, 11) is 3.19. The van der Waals surface area contributed by atoms with Crippen molar-refractivity contribution in [2.24, 2.45) is 20.0 Å². The van der Waals surface area contributed by atoms with Crippen LogP contribution in [-0.2, 0) is 20.5 Å². The van der Waals surface area contributed by atoms with Gasteiger partial charge in [-0.25, -0.2) is 4.79 Å². The van der Waals surface area contributed by atoms with Crippen LogP contribution in [0, 0.1) is 5.92 Å². The van der Waals surface area contributed by atoms with E-state index in [0.29, 0.717) is 11.4 Å². The van der Waals surface area contributed by atoms with Gasteiger partial charge in [-0.1, -0.05) is 24.3 Å². The van der Waals surface area contributed by atoms with Crippen molar-refractivity contribution < 1.29 is 4.74 Å². The van der Waals surface area contributed by atoms with Gasteiger partial charge in [0.2, 0.25) is 5.88 Å². The molecule has 0 amide bonds. The van der Waals surface area contributed by atoms with Crippen molar-refractivity contribution >= 4 is 0 Å². The molecule has 0 unspecified atom stereocenters. The minimum atomic E-state index is -0.437. The van der Waals surface area contributed by atoms with Crippen molar-refractivity contribution in [3.8, 4) is 5.88 Å². The molecule has 0 bridgehead atoms. The topological polar surface area (TPSA) is 53.2 Å². The third kappa shape index (κ3) is 1.73. The Kier molecular flexibility index (Phi) is 2.72. The van der Waals surface area contributed by atoms with Crippen LogP contribution in [0.5, 0.6) is 5.88 Å². The van der Waals surface area contributed by atoms with E-state index >= 15 is 0 Å². The van der Waals surface area contributed by atoms with Gasteiger partial charge in [-0.05, 0) is 31.4 Å². The highest BCUT2D eigenvalue weighted by atomic mass is 16.5. The Morgan fingerprint density at radius 1 is 1.13 bits per heavy atom. The predicted octanol–water partition coefficient (Wildman–Crippen LogP) is 1.56.